The quantitative estimate of drug-likeness (QED) is 0.826. The lowest BCUT2D eigenvalue weighted by molar-refractivity contribution is 0.475. The van der Waals surface area contributed by atoms with Gasteiger partial charge in [-0.2, -0.15) is 5.10 Å². The summed E-state index contributed by atoms with van der Waals surface area (Å²) >= 11 is 3.44. The fraction of sp³-hybridized carbons (Fsp3) is 0.357. The summed E-state index contributed by atoms with van der Waals surface area (Å²) in [5, 5.41) is 4.65. The zero-order chi connectivity index (χ0) is 12.4. The van der Waals surface area contributed by atoms with Crippen LogP contribution in [0.3, 0.4) is 0 Å². The Hall–Kier alpha value is -1.09. The SMILES string of the molecule is Cc1cc(-c2ccc(Br)cc2)nn1CC(C)C. The molecule has 0 aliphatic rings. The summed E-state index contributed by atoms with van der Waals surface area (Å²) in [6, 6.07) is 10.4. The van der Waals surface area contributed by atoms with Crippen LogP contribution in [0.4, 0.5) is 0 Å². The molecule has 0 saturated heterocycles. The number of halogens is 1. The monoisotopic (exact) mass is 292 g/mol. The summed E-state index contributed by atoms with van der Waals surface area (Å²) in [4.78, 5) is 0. The van der Waals surface area contributed by atoms with E-state index in [-0.39, 0.29) is 0 Å². The third kappa shape index (κ3) is 2.97. The van der Waals surface area contributed by atoms with Crippen LogP contribution in [0.25, 0.3) is 11.3 Å². The number of benzene rings is 1. The lowest BCUT2D eigenvalue weighted by Gasteiger charge is -2.06. The van der Waals surface area contributed by atoms with E-state index in [1.807, 2.05) is 12.1 Å². The fourth-order valence-corrected chi connectivity index (χ4v) is 2.07. The van der Waals surface area contributed by atoms with Crippen molar-refractivity contribution in [2.45, 2.75) is 27.3 Å². The van der Waals surface area contributed by atoms with Crippen LogP contribution in [0.2, 0.25) is 0 Å². The van der Waals surface area contributed by atoms with Gasteiger partial charge in [0.05, 0.1) is 5.69 Å². The second-order valence-corrected chi connectivity index (χ2v) is 5.67. The van der Waals surface area contributed by atoms with Gasteiger partial charge >= 0.3 is 0 Å². The Balaban J connectivity index is 2.31. The lowest BCUT2D eigenvalue weighted by Crippen LogP contribution is -2.07. The molecular formula is C14H17BrN2. The van der Waals surface area contributed by atoms with E-state index in [1.165, 1.54) is 11.3 Å². The van der Waals surface area contributed by atoms with Crippen LogP contribution in [-0.2, 0) is 6.54 Å². The molecule has 1 aromatic heterocycles. The maximum Gasteiger partial charge on any atom is 0.0925 e. The average molecular weight is 293 g/mol. The molecule has 1 heterocycles. The number of aromatic nitrogens is 2. The van der Waals surface area contributed by atoms with Crippen molar-refractivity contribution in [3.05, 3.63) is 40.5 Å². The van der Waals surface area contributed by atoms with Gasteiger partial charge in [0.15, 0.2) is 0 Å². The molecule has 0 saturated carbocycles. The molecule has 2 aromatic rings. The Bertz CT molecular complexity index is 497. The third-order valence-corrected chi connectivity index (χ3v) is 3.19. The first-order chi connectivity index (χ1) is 8.06. The van der Waals surface area contributed by atoms with Gasteiger partial charge in [0.2, 0.25) is 0 Å². The number of nitrogens with zero attached hydrogens (tertiary/aromatic N) is 2. The molecule has 0 amide bonds. The highest BCUT2D eigenvalue weighted by atomic mass is 79.9. The molecule has 0 radical (unpaired) electrons. The molecule has 0 fully saturated rings. The summed E-state index contributed by atoms with van der Waals surface area (Å²) in [7, 11) is 0. The van der Waals surface area contributed by atoms with Gasteiger partial charge in [0.1, 0.15) is 0 Å². The van der Waals surface area contributed by atoms with Crippen LogP contribution in [0.5, 0.6) is 0 Å². The summed E-state index contributed by atoms with van der Waals surface area (Å²) in [5.74, 6) is 0.617. The maximum absolute atomic E-state index is 4.65. The molecule has 0 unspecified atom stereocenters. The summed E-state index contributed by atoms with van der Waals surface area (Å²) < 4.78 is 3.18. The van der Waals surface area contributed by atoms with Crippen LogP contribution in [-0.4, -0.2) is 9.78 Å². The Morgan fingerprint density at radius 1 is 1.24 bits per heavy atom. The summed E-state index contributed by atoms with van der Waals surface area (Å²) in [5.41, 5.74) is 3.44. The standard InChI is InChI=1S/C14H17BrN2/c1-10(2)9-17-11(3)8-14(16-17)12-4-6-13(15)7-5-12/h4-8,10H,9H2,1-3H3. The predicted octanol–water partition coefficient (Wildman–Crippen LogP) is 4.28. The van der Waals surface area contributed by atoms with Crippen molar-refractivity contribution in [3.8, 4) is 11.3 Å². The van der Waals surface area contributed by atoms with E-state index < -0.39 is 0 Å². The van der Waals surface area contributed by atoms with Crippen LogP contribution >= 0.6 is 15.9 Å². The number of hydrogen-bond donors (Lipinski definition) is 0. The van der Waals surface area contributed by atoms with Gasteiger partial charge in [-0.3, -0.25) is 4.68 Å². The van der Waals surface area contributed by atoms with Gasteiger partial charge < -0.3 is 0 Å². The first kappa shape index (κ1) is 12.4. The van der Waals surface area contributed by atoms with Crippen molar-refractivity contribution >= 4 is 15.9 Å². The molecule has 3 heteroatoms. The highest BCUT2D eigenvalue weighted by Gasteiger charge is 2.07. The van der Waals surface area contributed by atoms with Gasteiger partial charge in [-0.25, -0.2) is 0 Å². The van der Waals surface area contributed by atoms with Crippen LogP contribution in [0.1, 0.15) is 19.5 Å². The third-order valence-electron chi connectivity index (χ3n) is 2.66. The highest BCUT2D eigenvalue weighted by molar-refractivity contribution is 9.10. The van der Waals surface area contributed by atoms with Crippen LogP contribution in [0.15, 0.2) is 34.8 Å². The zero-order valence-corrected chi connectivity index (χ0v) is 12.0. The molecule has 17 heavy (non-hydrogen) atoms. The highest BCUT2D eigenvalue weighted by Crippen LogP contribution is 2.21. The second-order valence-electron chi connectivity index (χ2n) is 4.75. The van der Waals surface area contributed by atoms with Gasteiger partial charge in [-0.15, -0.1) is 0 Å². The molecule has 2 rings (SSSR count). The van der Waals surface area contributed by atoms with E-state index in [0.29, 0.717) is 5.92 Å². The molecule has 0 aliphatic carbocycles. The van der Waals surface area contributed by atoms with Gasteiger partial charge in [0.25, 0.3) is 0 Å². The molecule has 0 spiro atoms. The van der Waals surface area contributed by atoms with Crippen molar-refractivity contribution in [3.63, 3.8) is 0 Å². The molecule has 1 aromatic carbocycles. The molecule has 0 atom stereocenters. The van der Waals surface area contributed by atoms with E-state index in [0.717, 1.165) is 16.7 Å². The molecule has 0 bridgehead atoms. The topological polar surface area (TPSA) is 17.8 Å². The van der Waals surface area contributed by atoms with Crippen molar-refractivity contribution in [2.24, 2.45) is 5.92 Å². The summed E-state index contributed by atoms with van der Waals surface area (Å²) in [6.07, 6.45) is 0. The first-order valence-corrected chi connectivity index (χ1v) is 6.66. The van der Waals surface area contributed by atoms with Crippen molar-refractivity contribution in [1.29, 1.82) is 0 Å². The van der Waals surface area contributed by atoms with E-state index in [1.54, 1.807) is 0 Å². The minimum Gasteiger partial charge on any atom is -0.269 e. The minimum atomic E-state index is 0.617. The lowest BCUT2D eigenvalue weighted by atomic mass is 10.1. The number of rotatable bonds is 3. The zero-order valence-electron chi connectivity index (χ0n) is 10.4. The molecule has 90 valence electrons. The predicted molar refractivity (Wildman–Crippen MR) is 74.9 cm³/mol. The van der Waals surface area contributed by atoms with E-state index in [2.05, 4.69) is 64.7 Å². The van der Waals surface area contributed by atoms with Gasteiger partial charge in [-0.05, 0) is 31.0 Å². The first-order valence-electron chi connectivity index (χ1n) is 5.86. The Morgan fingerprint density at radius 3 is 2.47 bits per heavy atom. The van der Waals surface area contributed by atoms with Crippen LogP contribution < -0.4 is 0 Å². The van der Waals surface area contributed by atoms with E-state index >= 15 is 0 Å². The van der Waals surface area contributed by atoms with Crippen molar-refractivity contribution in [1.82, 2.24) is 9.78 Å². The average Bonchev–Trinajstić information content (AvgIpc) is 2.60. The Morgan fingerprint density at radius 2 is 1.88 bits per heavy atom. The molecule has 0 aliphatic heterocycles. The molecule has 0 N–H and O–H groups in total. The van der Waals surface area contributed by atoms with Crippen molar-refractivity contribution in [2.75, 3.05) is 0 Å². The number of hydrogen-bond acceptors (Lipinski definition) is 1. The second kappa shape index (κ2) is 5.05. The van der Waals surface area contributed by atoms with Crippen molar-refractivity contribution < 1.29 is 0 Å². The Labute approximate surface area is 111 Å². The normalized spacial score (nSPS) is 11.1. The fourth-order valence-electron chi connectivity index (χ4n) is 1.80. The number of aryl methyl sites for hydroxylation is 1. The minimum absolute atomic E-state index is 0.617. The maximum atomic E-state index is 4.65. The van der Waals surface area contributed by atoms with Crippen LogP contribution in [0, 0.1) is 12.8 Å². The molecule has 2 nitrogen and oxygen atoms in total. The Kier molecular flexibility index (Phi) is 3.67. The van der Waals surface area contributed by atoms with Gasteiger partial charge in [0, 0.05) is 22.3 Å². The smallest absolute Gasteiger partial charge is 0.0925 e. The summed E-state index contributed by atoms with van der Waals surface area (Å²) in [6.45, 7) is 7.50. The van der Waals surface area contributed by atoms with E-state index in [4.69, 9.17) is 0 Å². The largest absolute Gasteiger partial charge is 0.269 e. The van der Waals surface area contributed by atoms with Gasteiger partial charge in [-0.1, -0.05) is 41.9 Å². The van der Waals surface area contributed by atoms with E-state index in [9.17, 15) is 0 Å². The molecular weight excluding hydrogens is 276 g/mol.